The number of hydrogen-bond donors (Lipinski definition) is 2. The Bertz CT molecular complexity index is 844. The van der Waals surface area contributed by atoms with Crippen LogP contribution in [-0.4, -0.2) is 31.0 Å². The predicted octanol–water partition coefficient (Wildman–Crippen LogP) is 3.46. The predicted molar refractivity (Wildman–Crippen MR) is 98.2 cm³/mol. The maximum atomic E-state index is 12.9. The molecule has 0 spiro atoms. The fourth-order valence-electron chi connectivity index (χ4n) is 3.04. The lowest BCUT2D eigenvalue weighted by Gasteiger charge is -2.28. The minimum atomic E-state index is -2.96. The molecule has 0 aliphatic carbocycles. The van der Waals surface area contributed by atoms with Crippen molar-refractivity contribution >= 4 is 28.9 Å². The maximum Gasteiger partial charge on any atom is 0.387 e. The van der Waals surface area contributed by atoms with Crippen LogP contribution in [-0.2, 0) is 9.59 Å². The smallest absolute Gasteiger partial charge is 0.387 e. The summed E-state index contributed by atoms with van der Waals surface area (Å²) < 4.78 is 29.5. The van der Waals surface area contributed by atoms with E-state index in [1.165, 1.54) is 11.0 Å². The first-order valence-corrected chi connectivity index (χ1v) is 8.44. The summed E-state index contributed by atoms with van der Waals surface area (Å²) >= 11 is 0. The highest BCUT2D eigenvalue weighted by molar-refractivity contribution is 6.05. The Kier molecular flexibility index (Phi) is 5.54. The molecule has 2 N–H and O–H groups in total. The van der Waals surface area contributed by atoms with Crippen molar-refractivity contribution in [2.45, 2.75) is 26.0 Å². The largest absolute Gasteiger partial charge is 0.433 e. The van der Waals surface area contributed by atoms with Crippen molar-refractivity contribution in [2.24, 2.45) is 0 Å². The van der Waals surface area contributed by atoms with Gasteiger partial charge in [0, 0.05) is 12.5 Å². The van der Waals surface area contributed by atoms with Crippen molar-refractivity contribution in [2.75, 3.05) is 22.1 Å². The van der Waals surface area contributed by atoms with Gasteiger partial charge in [-0.2, -0.15) is 8.78 Å². The average molecular weight is 375 g/mol. The fourth-order valence-corrected chi connectivity index (χ4v) is 3.04. The summed E-state index contributed by atoms with van der Waals surface area (Å²) in [5.74, 6) is -0.506. The summed E-state index contributed by atoms with van der Waals surface area (Å²) in [5.41, 5.74) is 1.44. The lowest BCUT2D eigenvalue weighted by atomic mass is 10.1. The van der Waals surface area contributed by atoms with E-state index in [0.717, 1.165) is 0 Å². The molecular weight excluding hydrogens is 356 g/mol. The van der Waals surface area contributed by atoms with Gasteiger partial charge < -0.3 is 20.3 Å². The van der Waals surface area contributed by atoms with E-state index in [9.17, 15) is 18.4 Å². The molecule has 0 bridgehead atoms. The van der Waals surface area contributed by atoms with Gasteiger partial charge in [0.1, 0.15) is 5.75 Å². The molecule has 27 heavy (non-hydrogen) atoms. The van der Waals surface area contributed by atoms with Gasteiger partial charge in [-0.1, -0.05) is 24.3 Å². The quantitative estimate of drug-likeness (QED) is 0.840. The topological polar surface area (TPSA) is 70.7 Å². The second-order valence-electron chi connectivity index (χ2n) is 6.11. The highest BCUT2D eigenvalue weighted by Crippen LogP contribution is 2.31. The van der Waals surface area contributed by atoms with E-state index >= 15 is 0 Å². The number of nitrogens with one attached hydrogen (secondary N) is 2. The van der Waals surface area contributed by atoms with E-state index in [2.05, 4.69) is 15.4 Å². The van der Waals surface area contributed by atoms with E-state index < -0.39 is 6.61 Å². The van der Waals surface area contributed by atoms with Crippen molar-refractivity contribution in [3.63, 3.8) is 0 Å². The second kappa shape index (κ2) is 8.03. The number of benzene rings is 2. The zero-order valence-electron chi connectivity index (χ0n) is 14.6. The van der Waals surface area contributed by atoms with Gasteiger partial charge in [-0.15, -0.1) is 0 Å². The average Bonchev–Trinajstić information content (AvgIpc) is 2.74. The Balaban J connectivity index is 1.79. The highest BCUT2D eigenvalue weighted by atomic mass is 19.3. The molecule has 2 amide bonds. The number of hydrogen-bond acceptors (Lipinski definition) is 4. The number of para-hydroxylation sites is 4. The van der Waals surface area contributed by atoms with Crippen LogP contribution in [0.1, 0.15) is 13.3 Å². The van der Waals surface area contributed by atoms with Crippen molar-refractivity contribution < 1.29 is 23.1 Å². The first-order chi connectivity index (χ1) is 13.0. The zero-order valence-corrected chi connectivity index (χ0v) is 14.6. The first-order valence-electron chi connectivity index (χ1n) is 8.44. The molecule has 0 radical (unpaired) electrons. The number of carbonyl (C=O) groups is 2. The molecule has 1 atom stereocenters. The van der Waals surface area contributed by atoms with Gasteiger partial charge in [-0.05, 0) is 31.2 Å². The van der Waals surface area contributed by atoms with Gasteiger partial charge in [-0.25, -0.2) is 0 Å². The molecule has 0 saturated heterocycles. The van der Waals surface area contributed by atoms with Crippen molar-refractivity contribution in [3.05, 3.63) is 48.5 Å². The lowest BCUT2D eigenvalue weighted by Crippen LogP contribution is -2.42. The van der Waals surface area contributed by atoms with Crippen LogP contribution in [0.5, 0.6) is 5.75 Å². The third-order valence-corrected chi connectivity index (χ3v) is 4.16. The zero-order chi connectivity index (χ0) is 19.4. The molecule has 8 heteroatoms. The van der Waals surface area contributed by atoms with Gasteiger partial charge in [0.05, 0.1) is 23.6 Å². The van der Waals surface area contributed by atoms with Crippen LogP contribution in [0.2, 0.25) is 0 Å². The summed E-state index contributed by atoms with van der Waals surface area (Å²) in [6.07, 6.45) is 0.158. The molecule has 1 aliphatic rings. The van der Waals surface area contributed by atoms with E-state index in [0.29, 0.717) is 11.4 Å². The molecule has 6 nitrogen and oxygen atoms in total. The van der Waals surface area contributed by atoms with Crippen molar-refractivity contribution in [1.29, 1.82) is 0 Å². The Labute approximate surface area is 155 Å². The molecule has 2 aromatic rings. The minimum Gasteiger partial charge on any atom is -0.433 e. The van der Waals surface area contributed by atoms with Crippen LogP contribution in [0.4, 0.5) is 25.8 Å². The molecule has 3 rings (SSSR count). The summed E-state index contributed by atoms with van der Waals surface area (Å²) in [7, 11) is 0. The fraction of sp³-hybridized carbons (Fsp3) is 0.263. The van der Waals surface area contributed by atoms with Crippen LogP contribution in [0.15, 0.2) is 48.5 Å². The van der Waals surface area contributed by atoms with E-state index in [1.807, 2.05) is 0 Å². The first kappa shape index (κ1) is 18.6. The normalized spacial score (nSPS) is 16.4. The number of carbonyl (C=O) groups excluding carboxylic acids is 2. The highest BCUT2D eigenvalue weighted by Gasteiger charge is 2.29. The number of halogens is 2. The summed E-state index contributed by atoms with van der Waals surface area (Å²) in [6.45, 7) is -1.32. The van der Waals surface area contributed by atoms with Gasteiger partial charge in [0.15, 0.2) is 0 Å². The maximum absolute atomic E-state index is 12.9. The number of alkyl halides is 2. The molecule has 1 aliphatic heterocycles. The van der Waals surface area contributed by atoms with Gasteiger partial charge in [-0.3, -0.25) is 9.59 Å². The molecular formula is C19H19F2N3O3. The van der Waals surface area contributed by atoms with Crippen LogP contribution < -0.4 is 20.3 Å². The molecule has 1 heterocycles. The minimum absolute atomic E-state index is 0.0403. The van der Waals surface area contributed by atoms with Gasteiger partial charge in [0.2, 0.25) is 11.8 Å². The summed E-state index contributed by atoms with van der Waals surface area (Å²) in [6, 6.07) is 12.8. The molecule has 0 aromatic heterocycles. The molecule has 0 fully saturated rings. The second-order valence-corrected chi connectivity index (χ2v) is 6.11. The third-order valence-electron chi connectivity index (χ3n) is 4.16. The SMILES string of the molecule is C[C@@H]1CC(=O)Nc2ccccc2N1C(=O)CNc1ccccc1OC(F)F. The standard InChI is InChI=1S/C19H19F2N3O3/c1-12-10-17(25)23-13-6-2-4-8-15(13)24(12)18(26)11-22-14-7-3-5-9-16(14)27-19(20)21/h2-9,12,19,22H,10-11H2,1H3,(H,23,25)/t12-/m1/s1. The van der Waals surface area contributed by atoms with Crippen molar-refractivity contribution in [1.82, 2.24) is 0 Å². The number of anilines is 3. The summed E-state index contributed by atoms with van der Waals surface area (Å²) in [4.78, 5) is 26.4. The monoisotopic (exact) mass is 375 g/mol. The number of ether oxygens (including phenoxy) is 1. The van der Waals surface area contributed by atoms with Gasteiger partial charge in [0.25, 0.3) is 0 Å². The lowest BCUT2D eigenvalue weighted by molar-refractivity contribution is -0.118. The number of amides is 2. The van der Waals surface area contributed by atoms with Crippen LogP contribution >= 0.6 is 0 Å². The number of rotatable bonds is 5. The molecule has 2 aromatic carbocycles. The Morgan fingerprint density at radius 3 is 2.74 bits per heavy atom. The Hall–Kier alpha value is -3.16. The summed E-state index contributed by atoms with van der Waals surface area (Å²) in [5, 5.41) is 5.63. The molecule has 0 unspecified atom stereocenters. The van der Waals surface area contributed by atoms with Gasteiger partial charge >= 0.3 is 6.61 Å². The van der Waals surface area contributed by atoms with E-state index in [4.69, 9.17) is 0 Å². The van der Waals surface area contributed by atoms with Crippen LogP contribution in [0, 0.1) is 0 Å². The Morgan fingerprint density at radius 1 is 1.26 bits per heavy atom. The van der Waals surface area contributed by atoms with Crippen molar-refractivity contribution in [3.8, 4) is 5.75 Å². The third kappa shape index (κ3) is 4.33. The molecule has 0 saturated carbocycles. The number of fused-ring (bicyclic) bond motifs is 1. The van der Waals surface area contributed by atoms with Crippen LogP contribution in [0.3, 0.4) is 0 Å². The Morgan fingerprint density at radius 2 is 1.96 bits per heavy atom. The van der Waals surface area contributed by atoms with Crippen LogP contribution in [0.25, 0.3) is 0 Å². The van der Waals surface area contributed by atoms with E-state index in [-0.39, 0.29) is 42.3 Å². The molecule has 142 valence electrons. The number of nitrogens with zero attached hydrogens (tertiary/aromatic N) is 1. The van der Waals surface area contributed by atoms with E-state index in [1.54, 1.807) is 49.4 Å².